The molecule has 10 nitrogen and oxygen atoms in total. The Kier molecular flexibility index (Phi) is 7.98. The van der Waals surface area contributed by atoms with E-state index in [0.717, 1.165) is 11.8 Å². The van der Waals surface area contributed by atoms with E-state index in [2.05, 4.69) is 49.4 Å². The molecule has 0 aliphatic carbocycles. The third kappa shape index (κ3) is 6.43. The zero-order chi connectivity index (χ0) is 28.2. The summed E-state index contributed by atoms with van der Waals surface area (Å²) in [6, 6.07) is 8.17. The molecule has 1 aromatic carbocycles. The largest absolute Gasteiger partial charge is 0.415 e. The Morgan fingerprint density at radius 2 is 2.00 bits per heavy atom. The Hall–Kier alpha value is -4.68. The van der Waals surface area contributed by atoms with Gasteiger partial charge >= 0.3 is 6.18 Å². The number of aromatic nitrogens is 3. The molecule has 1 aliphatic rings. The van der Waals surface area contributed by atoms with Crippen LogP contribution in [0.15, 0.2) is 65.6 Å². The van der Waals surface area contributed by atoms with E-state index in [1.54, 1.807) is 24.4 Å². The Morgan fingerprint density at radius 3 is 2.67 bits per heavy atom. The lowest BCUT2D eigenvalue weighted by atomic mass is 10.1. The lowest BCUT2D eigenvalue weighted by Crippen LogP contribution is -2.31. The number of halogens is 3. The molecule has 1 fully saturated rings. The van der Waals surface area contributed by atoms with Gasteiger partial charge in [0.15, 0.2) is 11.5 Å². The van der Waals surface area contributed by atoms with Gasteiger partial charge in [-0.25, -0.2) is 9.98 Å². The number of carbonyl (C=O) groups is 2. The second-order valence-electron chi connectivity index (χ2n) is 8.84. The molecule has 3 heterocycles. The maximum atomic E-state index is 12.7. The standard InChI is InChI=1S/C26H27F3N8O2/c1-4-21(38)37-12-10-18(14-37)33-24-22-19(9-11-31-23(22)35-36-24)32-17-7-5-16(6-8-17)25(39)34-20(30-3)13-15(2)26(27,28)29/h5-9,11,13,18H,2-4,10,12,14H2,1H3,(H,34,39)(H3,31,32,33,35,36)/b20-13+/t18-/m1/s1. The highest BCUT2D eigenvalue weighted by Crippen LogP contribution is 2.31. The predicted octanol–water partition coefficient (Wildman–Crippen LogP) is 4.51. The topological polar surface area (TPSA) is 127 Å². The second kappa shape index (κ2) is 11.4. The number of aliphatic imine (C=N–C) groups is 1. The Bertz CT molecular complexity index is 1430. The number of carbonyl (C=O) groups excluding carboxylic acids is 2. The Labute approximate surface area is 222 Å². The molecule has 0 radical (unpaired) electrons. The van der Waals surface area contributed by atoms with Crippen LogP contribution in [0.3, 0.4) is 0 Å². The van der Waals surface area contributed by atoms with Crippen LogP contribution in [0, 0.1) is 0 Å². The molecule has 2 aromatic heterocycles. The summed E-state index contributed by atoms with van der Waals surface area (Å²) in [7, 11) is 0. The molecule has 4 N–H and O–H groups in total. The van der Waals surface area contributed by atoms with Crippen molar-refractivity contribution in [2.45, 2.75) is 32.0 Å². The number of amides is 2. The molecule has 204 valence electrons. The number of benzene rings is 1. The summed E-state index contributed by atoms with van der Waals surface area (Å²) in [5.74, 6) is -0.306. The number of anilines is 3. The van der Waals surface area contributed by atoms with Gasteiger partial charge < -0.3 is 20.9 Å². The molecule has 1 aliphatic heterocycles. The van der Waals surface area contributed by atoms with Crippen molar-refractivity contribution in [2.75, 3.05) is 23.7 Å². The number of pyridine rings is 1. The van der Waals surface area contributed by atoms with Crippen molar-refractivity contribution >= 4 is 46.8 Å². The Morgan fingerprint density at radius 1 is 1.26 bits per heavy atom. The quantitative estimate of drug-likeness (QED) is 0.234. The number of rotatable bonds is 9. The molecule has 39 heavy (non-hydrogen) atoms. The van der Waals surface area contributed by atoms with Gasteiger partial charge in [0, 0.05) is 43.0 Å². The minimum Gasteiger partial charge on any atom is -0.363 e. The fraction of sp³-hybridized carbons (Fsp3) is 0.269. The number of likely N-dealkylation sites (tertiary alicyclic amines) is 1. The number of fused-ring (bicyclic) bond motifs is 1. The summed E-state index contributed by atoms with van der Waals surface area (Å²) in [5.41, 5.74) is 0.955. The van der Waals surface area contributed by atoms with Crippen LogP contribution in [-0.4, -0.2) is 63.9 Å². The molecule has 0 bridgehead atoms. The average Bonchev–Trinajstić information content (AvgIpc) is 3.55. The average molecular weight is 541 g/mol. The van der Waals surface area contributed by atoms with Crippen LogP contribution in [0.2, 0.25) is 0 Å². The lowest BCUT2D eigenvalue weighted by molar-refractivity contribution is -0.129. The molecular formula is C26H27F3N8O2. The minimum absolute atomic E-state index is 0.0511. The third-order valence-corrected chi connectivity index (χ3v) is 6.16. The van der Waals surface area contributed by atoms with E-state index < -0.39 is 17.7 Å². The summed E-state index contributed by atoms with van der Waals surface area (Å²) in [6.45, 7) is 9.25. The molecular weight excluding hydrogens is 513 g/mol. The van der Waals surface area contributed by atoms with Gasteiger partial charge in [0.25, 0.3) is 5.91 Å². The molecule has 13 heteroatoms. The van der Waals surface area contributed by atoms with Gasteiger partial charge in [-0.05, 0) is 49.5 Å². The van der Waals surface area contributed by atoms with E-state index in [-0.39, 0.29) is 23.3 Å². The van der Waals surface area contributed by atoms with Crippen LogP contribution in [-0.2, 0) is 4.79 Å². The van der Waals surface area contributed by atoms with Crippen molar-refractivity contribution in [2.24, 2.45) is 4.99 Å². The SMILES string of the molecule is C=N/C(=C\C(=C)C(F)(F)F)NC(=O)c1ccc(Nc2ccnc3[nH]nc(N[C@@H]4CCN(C(=O)CC)C4)c23)cc1. The number of nitrogens with one attached hydrogen (secondary N) is 4. The molecule has 0 unspecified atom stereocenters. The van der Waals surface area contributed by atoms with Gasteiger partial charge in [-0.15, -0.1) is 0 Å². The van der Waals surface area contributed by atoms with Crippen LogP contribution < -0.4 is 16.0 Å². The normalized spacial score (nSPS) is 15.7. The molecule has 0 saturated carbocycles. The first-order chi connectivity index (χ1) is 18.6. The van der Waals surface area contributed by atoms with Gasteiger partial charge in [-0.2, -0.15) is 18.3 Å². The molecule has 1 saturated heterocycles. The van der Waals surface area contributed by atoms with E-state index in [0.29, 0.717) is 48.4 Å². The second-order valence-corrected chi connectivity index (χ2v) is 8.84. The first kappa shape index (κ1) is 27.4. The highest BCUT2D eigenvalue weighted by Gasteiger charge is 2.31. The smallest absolute Gasteiger partial charge is 0.363 e. The van der Waals surface area contributed by atoms with Crippen molar-refractivity contribution in [1.29, 1.82) is 0 Å². The fourth-order valence-corrected chi connectivity index (χ4v) is 4.10. The van der Waals surface area contributed by atoms with E-state index in [1.807, 2.05) is 11.8 Å². The number of hydrogen-bond acceptors (Lipinski definition) is 7. The zero-order valence-corrected chi connectivity index (χ0v) is 21.1. The number of H-pyrrole nitrogens is 1. The minimum atomic E-state index is -4.65. The molecule has 0 spiro atoms. The molecule has 4 rings (SSSR count). The summed E-state index contributed by atoms with van der Waals surface area (Å²) in [5, 5.41) is 17.0. The van der Waals surface area contributed by atoms with Gasteiger partial charge in [0.2, 0.25) is 5.91 Å². The van der Waals surface area contributed by atoms with E-state index in [9.17, 15) is 22.8 Å². The van der Waals surface area contributed by atoms with Crippen LogP contribution in [0.25, 0.3) is 11.0 Å². The van der Waals surface area contributed by atoms with Crippen LogP contribution in [0.4, 0.5) is 30.4 Å². The monoisotopic (exact) mass is 540 g/mol. The van der Waals surface area contributed by atoms with Crippen molar-refractivity contribution in [3.05, 3.63) is 66.1 Å². The van der Waals surface area contributed by atoms with Crippen LogP contribution in [0.1, 0.15) is 30.1 Å². The van der Waals surface area contributed by atoms with Crippen molar-refractivity contribution < 1.29 is 22.8 Å². The lowest BCUT2D eigenvalue weighted by Gasteiger charge is -2.16. The molecule has 1 atom stereocenters. The maximum absolute atomic E-state index is 12.7. The van der Waals surface area contributed by atoms with Gasteiger partial charge in [0.1, 0.15) is 5.82 Å². The van der Waals surface area contributed by atoms with E-state index >= 15 is 0 Å². The van der Waals surface area contributed by atoms with Gasteiger partial charge in [-0.3, -0.25) is 14.7 Å². The maximum Gasteiger partial charge on any atom is 0.415 e. The number of aromatic amines is 1. The number of alkyl halides is 3. The summed E-state index contributed by atoms with van der Waals surface area (Å²) < 4.78 is 38.2. The van der Waals surface area contributed by atoms with Gasteiger partial charge in [-0.1, -0.05) is 13.5 Å². The third-order valence-electron chi connectivity index (χ3n) is 6.16. The Balaban J connectivity index is 1.46. The number of allylic oxidation sites excluding steroid dienone is 2. The van der Waals surface area contributed by atoms with Crippen molar-refractivity contribution in [1.82, 2.24) is 25.4 Å². The highest BCUT2D eigenvalue weighted by molar-refractivity contribution is 6.00. The number of nitrogens with zero attached hydrogens (tertiary/aromatic N) is 4. The van der Waals surface area contributed by atoms with E-state index in [4.69, 9.17) is 0 Å². The van der Waals surface area contributed by atoms with Crippen LogP contribution in [0.5, 0.6) is 0 Å². The predicted molar refractivity (Wildman–Crippen MR) is 143 cm³/mol. The first-order valence-electron chi connectivity index (χ1n) is 12.1. The first-order valence-corrected chi connectivity index (χ1v) is 12.1. The molecule has 2 amide bonds. The van der Waals surface area contributed by atoms with Crippen molar-refractivity contribution in [3.8, 4) is 0 Å². The van der Waals surface area contributed by atoms with E-state index in [1.165, 1.54) is 12.1 Å². The van der Waals surface area contributed by atoms with Crippen molar-refractivity contribution in [3.63, 3.8) is 0 Å². The molecule has 3 aromatic rings. The fourth-order valence-electron chi connectivity index (χ4n) is 4.10. The van der Waals surface area contributed by atoms with Gasteiger partial charge in [0.05, 0.1) is 16.6 Å². The highest BCUT2D eigenvalue weighted by atomic mass is 19.4. The summed E-state index contributed by atoms with van der Waals surface area (Å²) in [6.07, 6.45) is -1.15. The number of hydrogen-bond donors (Lipinski definition) is 4. The summed E-state index contributed by atoms with van der Waals surface area (Å²) in [4.78, 5) is 34.1. The summed E-state index contributed by atoms with van der Waals surface area (Å²) >= 11 is 0. The van der Waals surface area contributed by atoms with Crippen LogP contribution >= 0.6 is 0 Å². The zero-order valence-electron chi connectivity index (χ0n) is 21.1.